The number of β-amino-alcohol motifs (C(OH)–C–C–N with tert-alkyl or cyclic N) is 1. The number of carbonyl (C=O) groups excluding carboxylic acids is 1. The van der Waals surface area contributed by atoms with E-state index in [-0.39, 0.29) is 25.1 Å². The van der Waals surface area contributed by atoms with Gasteiger partial charge >= 0.3 is 0 Å². The Morgan fingerprint density at radius 1 is 1.38 bits per heavy atom. The molecule has 0 saturated carbocycles. The molecule has 2 heterocycles. The van der Waals surface area contributed by atoms with Crippen LogP contribution in [0.1, 0.15) is 5.56 Å². The monoisotopic (exact) mass is 330 g/mol. The third-order valence-electron chi connectivity index (χ3n) is 4.48. The van der Waals surface area contributed by atoms with Crippen LogP contribution in [0.2, 0.25) is 0 Å². The van der Waals surface area contributed by atoms with E-state index in [0.717, 1.165) is 5.56 Å². The Hall–Kier alpha value is -2.15. The average Bonchev–Trinajstić information content (AvgIpc) is 2.83. The minimum Gasteiger partial charge on any atom is -0.464 e. The van der Waals surface area contributed by atoms with Crippen LogP contribution in [0.15, 0.2) is 42.2 Å². The van der Waals surface area contributed by atoms with Crippen LogP contribution in [-0.2, 0) is 4.79 Å². The van der Waals surface area contributed by atoms with E-state index in [1.165, 1.54) is 6.26 Å². The molecule has 6 nitrogen and oxygen atoms in total. The SMILES string of the molecule is CN(CCO)[C@@H]1CN(C(=O)C2=Cc3ccccc3OC=C2)C[C@H]1O. The molecule has 2 N–H and O–H groups in total. The summed E-state index contributed by atoms with van der Waals surface area (Å²) in [5, 5.41) is 19.3. The largest absolute Gasteiger partial charge is 0.464 e. The molecule has 0 spiro atoms. The molecule has 0 bridgehead atoms. The van der Waals surface area contributed by atoms with Crippen molar-refractivity contribution in [2.75, 3.05) is 33.3 Å². The Morgan fingerprint density at radius 3 is 2.96 bits per heavy atom. The number of nitrogens with zero attached hydrogens (tertiary/aromatic N) is 2. The molecule has 1 aromatic rings. The van der Waals surface area contributed by atoms with Crippen molar-refractivity contribution >= 4 is 12.0 Å². The molecule has 128 valence electrons. The van der Waals surface area contributed by atoms with Crippen LogP contribution < -0.4 is 4.74 Å². The standard InChI is InChI=1S/C18H22N2O4/c1-19(7-8-21)15-11-20(12-16(15)22)18(23)14-6-9-24-17-5-3-2-4-13(17)10-14/h2-6,9-10,15-16,21-22H,7-8,11-12H2,1H3/t15-,16-/m1/s1. The van der Waals surface area contributed by atoms with Gasteiger partial charge in [-0.25, -0.2) is 0 Å². The van der Waals surface area contributed by atoms with Crippen LogP contribution in [0.25, 0.3) is 6.08 Å². The number of amides is 1. The number of rotatable bonds is 4. The van der Waals surface area contributed by atoms with Gasteiger partial charge in [0.25, 0.3) is 5.91 Å². The molecule has 2 atom stereocenters. The number of hydrogen-bond donors (Lipinski definition) is 2. The van der Waals surface area contributed by atoms with Crippen LogP contribution in [0.3, 0.4) is 0 Å². The van der Waals surface area contributed by atoms with E-state index < -0.39 is 6.10 Å². The van der Waals surface area contributed by atoms with Crippen molar-refractivity contribution < 1.29 is 19.7 Å². The zero-order valence-corrected chi connectivity index (χ0v) is 13.6. The fraction of sp³-hybridized carbons (Fsp3) is 0.389. The zero-order chi connectivity index (χ0) is 17.1. The molecule has 24 heavy (non-hydrogen) atoms. The highest BCUT2D eigenvalue weighted by Gasteiger charge is 2.36. The lowest BCUT2D eigenvalue weighted by Gasteiger charge is -2.25. The number of likely N-dealkylation sites (N-methyl/N-ethyl adjacent to an activating group) is 1. The van der Waals surface area contributed by atoms with Crippen LogP contribution in [0.4, 0.5) is 0 Å². The second kappa shape index (κ2) is 7.17. The molecule has 0 aliphatic carbocycles. The molecule has 0 radical (unpaired) electrons. The van der Waals surface area contributed by atoms with Crippen LogP contribution >= 0.6 is 0 Å². The molecule has 2 aliphatic heterocycles. The summed E-state index contributed by atoms with van der Waals surface area (Å²) in [5.41, 5.74) is 1.37. The molecule has 1 fully saturated rings. The number of ether oxygens (including phenoxy) is 1. The van der Waals surface area contributed by atoms with Crippen molar-refractivity contribution in [3.05, 3.63) is 47.7 Å². The van der Waals surface area contributed by atoms with Crippen molar-refractivity contribution in [1.29, 1.82) is 0 Å². The Morgan fingerprint density at radius 2 is 2.17 bits per heavy atom. The summed E-state index contributed by atoms with van der Waals surface area (Å²) in [6.07, 6.45) is 4.35. The second-order valence-corrected chi connectivity index (χ2v) is 6.11. The fourth-order valence-corrected chi connectivity index (χ4v) is 3.11. The first-order chi connectivity index (χ1) is 11.6. The van der Waals surface area contributed by atoms with E-state index >= 15 is 0 Å². The van der Waals surface area contributed by atoms with Gasteiger partial charge in [0.05, 0.1) is 25.0 Å². The highest BCUT2D eigenvalue weighted by molar-refractivity contribution is 6.01. The quantitative estimate of drug-likeness (QED) is 0.840. The van der Waals surface area contributed by atoms with Gasteiger partial charge in [-0.3, -0.25) is 9.69 Å². The summed E-state index contributed by atoms with van der Waals surface area (Å²) in [5.74, 6) is 0.573. The smallest absolute Gasteiger partial charge is 0.254 e. The molecule has 0 unspecified atom stereocenters. The van der Waals surface area contributed by atoms with Crippen LogP contribution in [-0.4, -0.2) is 71.4 Å². The number of fused-ring (bicyclic) bond motifs is 1. The summed E-state index contributed by atoms with van der Waals surface area (Å²) >= 11 is 0. The summed E-state index contributed by atoms with van der Waals surface area (Å²) in [6.45, 7) is 1.21. The molecule has 6 heteroatoms. The second-order valence-electron chi connectivity index (χ2n) is 6.11. The van der Waals surface area contributed by atoms with E-state index in [4.69, 9.17) is 9.84 Å². The van der Waals surface area contributed by atoms with E-state index in [9.17, 15) is 9.90 Å². The van der Waals surface area contributed by atoms with Crippen molar-refractivity contribution in [2.45, 2.75) is 12.1 Å². The number of benzene rings is 1. The number of hydrogen-bond acceptors (Lipinski definition) is 5. The van der Waals surface area contributed by atoms with Gasteiger partial charge in [-0.15, -0.1) is 0 Å². The van der Waals surface area contributed by atoms with E-state index in [1.54, 1.807) is 17.1 Å². The maximum Gasteiger partial charge on any atom is 0.254 e. The number of carbonyl (C=O) groups is 1. The predicted octanol–water partition coefficient (Wildman–Crippen LogP) is 0.472. The summed E-state index contributed by atoms with van der Waals surface area (Å²) in [4.78, 5) is 16.3. The first-order valence-electron chi connectivity index (χ1n) is 8.02. The minimum atomic E-state index is -0.621. The van der Waals surface area contributed by atoms with Gasteiger partial charge in [-0.1, -0.05) is 18.2 Å². The van der Waals surface area contributed by atoms with E-state index in [1.807, 2.05) is 36.2 Å². The van der Waals surface area contributed by atoms with Gasteiger partial charge in [-0.2, -0.15) is 0 Å². The first-order valence-corrected chi connectivity index (χ1v) is 8.02. The molecule has 0 aromatic heterocycles. The third kappa shape index (κ3) is 3.36. The highest BCUT2D eigenvalue weighted by Crippen LogP contribution is 2.26. The Balaban J connectivity index is 1.76. The molecule has 1 saturated heterocycles. The lowest BCUT2D eigenvalue weighted by molar-refractivity contribution is -0.126. The lowest BCUT2D eigenvalue weighted by atomic mass is 10.1. The van der Waals surface area contributed by atoms with Crippen LogP contribution in [0.5, 0.6) is 5.75 Å². The van der Waals surface area contributed by atoms with Gasteiger partial charge in [0.1, 0.15) is 5.75 Å². The summed E-state index contributed by atoms with van der Waals surface area (Å²) < 4.78 is 5.52. The van der Waals surface area contributed by atoms with E-state index in [2.05, 4.69) is 0 Å². The maximum atomic E-state index is 12.8. The molecular formula is C18H22N2O4. The Bertz CT molecular complexity index is 671. The van der Waals surface area contributed by atoms with Crippen molar-refractivity contribution in [2.24, 2.45) is 0 Å². The van der Waals surface area contributed by atoms with Gasteiger partial charge in [0, 0.05) is 30.8 Å². The average molecular weight is 330 g/mol. The van der Waals surface area contributed by atoms with Crippen LogP contribution in [0, 0.1) is 0 Å². The number of likely N-dealkylation sites (tertiary alicyclic amines) is 1. The molecule has 3 rings (SSSR count). The van der Waals surface area contributed by atoms with Crippen molar-refractivity contribution in [3.8, 4) is 5.75 Å². The highest BCUT2D eigenvalue weighted by atomic mass is 16.5. The predicted molar refractivity (Wildman–Crippen MR) is 90.3 cm³/mol. The minimum absolute atomic E-state index is 0.0235. The molecule has 1 aromatic carbocycles. The van der Waals surface area contributed by atoms with Gasteiger partial charge < -0.3 is 19.8 Å². The third-order valence-corrected chi connectivity index (χ3v) is 4.48. The lowest BCUT2D eigenvalue weighted by Crippen LogP contribution is -2.42. The van der Waals surface area contributed by atoms with Gasteiger partial charge in [0.2, 0.25) is 0 Å². The number of para-hydroxylation sites is 1. The molecule has 2 aliphatic rings. The fourth-order valence-electron chi connectivity index (χ4n) is 3.11. The normalized spacial score (nSPS) is 22.8. The van der Waals surface area contributed by atoms with Gasteiger partial charge in [-0.05, 0) is 25.3 Å². The number of aliphatic hydroxyl groups excluding tert-OH is 2. The van der Waals surface area contributed by atoms with E-state index in [0.29, 0.717) is 24.4 Å². The van der Waals surface area contributed by atoms with Crippen molar-refractivity contribution in [3.63, 3.8) is 0 Å². The van der Waals surface area contributed by atoms with Gasteiger partial charge in [0.15, 0.2) is 0 Å². The Labute approximate surface area is 141 Å². The molecule has 1 amide bonds. The zero-order valence-electron chi connectivity index (χ0n) is 13.6. The topological polar surface area (TPSA) is 73.2 Å². The summed E-state index contributed by atoms with van der Waals surface area (Å²) in [6, 6.07) is 7.35. The maximum absolute atomic E-state index is 12.8. The number of aliphatic hydroxyl groups is 2. The molecular weight excluding hydrogens is 308 g/mol. The Kier molecular flexibility index (Phi) is 4.99. The summed E-state index contributed by atoms with van der Waals surface area (Å²) in [7, 11) is 1.84. The first kappa shape index (κ1) is 16.7. The van der Waals surface area contributed by atoms with Crippen molar-refractivity contribution in [1.82, 2.24) is 9.80 Å².